The van der Waals surface area contributed by atoms with Gasteiger partial charge in [0.15, 0.2) is 0 Å². The van der Waals surface area contributed by atoms with Gasteiger partial charge in [-0.2, -0.15) is 0 Å². The van der Waals surface area contributed by atoms with Crippen molar-refractivity contribution in [3.8, 4) is 0 Å². The molecule has 2 aromatic rings. The number of aliphatic hydroxyl groups is 1. The van der Waals surface area contributed by atoms with Gasteiger partial charge in [0.1, 0.15) is 11.6 Å². The Balaban J connectivity index is 1.34. The van der Waals surface area contributed by atoms with Crippen molar-refractivity contribution in [2.24, 2.45) is 5.41 Å². The van der Waals surface area contributed by atoms with E-state index in [0.717, 1.165) is 6.54 Å². The summed E-state index contributed by atoms with van der Waals surface area (Å²) in [6, 6.07) is 10.6. The summed E-state index contributed by atoms with van der Waals surface area (Å²) in [5.41, 5.74) is 1.06. The monoisotopic (exact) mass is 496 g/mol. The van der Waals surface area contributed by atoms with Crippen LogP contribution in [0.2, 0.25) is 5.02 Å². The highest BCUT2D eigenvalue weighted by Gasteiger charge is 2.50. The number of carbonyl (C=O) groups is 3. The minimum atomic E-state index is -1.16. The van der Waals surface area contributed by atoms with Crippen molar-refractivity contribution in [2.45, 2.75) is 57.8 Å². The Bertz CT molecular complexity index is 1200. The number of benzene rings is 1. The molecular weight excluding hydrogens is 468 g/mol. The minimum absolute atomic E-state index is 0.188. The lowest BCUT2D eigenvalue weighted by atomic mass is 9.68. The average Bonchev–Trinajstić information content (AvgIpc) is 3.13. The molecule has 3 aliphatic heterocycles. The number of likely N-dealkylation sites (tertiary alicyclic amines) is 1. The number of rotatable bonds is 4. The molecule has 0 bridgehead atoms. The Hall–Kier alpha value is -2.81. The van der Waals surface area contributed by atoms with Crippen LogP contribution in [-0.2, 0) is 28.3 Å². The predicted octanol–water partition coefficient (Wildman–Crippen LogP) is 2.62. The average molecular weight is 497 g/mol. The van der Waals surface area contributed by atoms with Crippen LogP contribution in [-0.4, -0.2) is 56.7 Å². The Morgan fingerprint density at radius 1 is 1.14 bits per heavy atom. The lowest BCUT2D eigenvalue weighted by molar-refractivity contribution is -0.137. The lowest BCUT2D eigenvalue weighted by Gasteiger charge is -2.50. The number of carbonyl (C=O) groups excluding carboxylic acids is 3. The highest BCUT2D eigenvalue weighted by molar-refractivity contribution is 6.30. The first-order chi connectivity index (χ1) is 16.6. The summed E-state index contributed by atoms with van der Waals surface area (Å²) in [6.07, 6.45) is 1.01. The minimum Gasteiger partial charge on any atom is -0.383 e. The van der Waals surface area contributed by atoms with E-state index in [4.69, 9.17) is 16.6 Å². The number of aromatic nitrogens is 1. The first-order valence-corrected chi connectivity index (χ1v) is 12.3. The maximum absolute atomic E-state index is 13.0. The zero-order chi connectivity index (χ0) is 25.0. The molecule has 8 nitrogen and oxygen atoms in total. The van der Waals surface area contributed by atoms with Gasteiger partial charge in [-0.05, 0) is 42.7 Å². The van der Waals surface area contributed by atoms with Crippen LogP contribution in [0.1, 0.15) is 60.4 Å². The second kappa shape index (κ2) is 8.69. The highest BCUT2D eigenvalue weighted by Crippen LogP contribution is 2.46. The van der Waals surface area contributed by atoms with Crippen molar-refractivity contribution in [1.29, 1.82) is 0 Å². The van der Waals surface area contributed by atoms with E-state index in [-0.39, 0.29) is 24.8 Å². The van der Waals surface area contributed by atoms with Gasteiger partial charge in [0.2, 0.25) is 11.8 Å². The molecule has 35 heavy (non-hydrogen) atoms. The third-order valence-corrected chi connectivity index (χ3v) is 7.90. The van der Waals surface area contributed by atoms with E-state index in [0.29, 0.717) is 47.9 Å². The van der Waals surface area contributed by atoms with Crippen LogP contribution >= 0.6 is 11.6 Å². The summed E-state index contributed by atoms with van der Waals surface area (Å²) in [4.78, 5) is 45.4. The number of piperidine rings is 2. The van der Waals surface area contributed by atoms with Crippen LogP contribution in [0.4, 0.5) is 0 Å². The fraction of sp³-hybridized carbons (Fsp3) is 0.462. The topological polar surface area (TPSA) is 103 Å². The van der Waals surface area contributed by atoms with Crippen LogP contribution in [0, 0.1) is 5.41 Å². The molecule has 2 N–H and O–H groups in total. The van der Waals surface area contributed by atoms with Gasteiger partial charge in [-0.15, -0.1) is 0 Å². The van der Waals surface area contributed by atoms with Crippen molar-refractivity contribution in [3.05, 3.63) is 63.9 Å². The van der Waals surface area contributed by atoms with E-state index in [9.17, 15) is 19.5 Å². The molecule has 0 saturated carbocycles. The first-order valence-electron chi connectivity index (χ1n) is 11.9. The van der Waals surface area contributed by atoms with Gasteiger partial charge in [-0.1, -0.05) is 37.6 Å². The van der Waals surface area contributed by atoms with Crippen LogP contribution in [0.5, 0.6) is 0 Å². The van der Waals surface area contributed by atoms with Gasteiger partial charge in [0.25, 0.3) is 5.91 Å². The molecule has 2 saturated heterocycles. The molecule has 1 unspecified atom stereocenters. The van der Waals surface area contributed by atoms with Gasteiger partial charge in [-0.25, -0.2) is 0 Å². The first kappa shape index (κ1) is 23.9. The number of halogens is 1. The standard InChI is InChI=1S/C26H29ClN4O4/c1-25(2)15-30(13-16-3-5-17(27)6-4-16)12-11-26(25,35)21-9-7-18-19(28-21)14-31(24(18)34)20-8-10-22(32)29-23(20)33/h3-7,9,20,35H,8,10-15H2,1-2H3,(H,29,32,33)/t20?,26-/m0/s1. The zero-order valence-electron chi connectivity index (χ0n) is 19.9. The Kier molecular flexibility index (Phi) is 5.94. The van der Waals surface area contributed by atoms with Crippen molar-refractivity contribution in [2.75, 3.05) is 13.1 Å². The van der Waals surface area contributed by atoms with Crippen LogP contribution < -0.4 is 5.32 Å². The maximum Gasteiger partial charge on any atom is 0.256 e. The molecule has 0 radical (unpaired) electrons. The zero-order valence-corrected chi connectivity index (χ0v) is 20.6. The molecule has 3 aliphatic rings. The van der Waals surface area contributed by atoms with Crippen molar-refractivity contribution >= 4 is 29.3 Å². The van der Waals surface area contributed by atoms with Crippen molar-refractivity contribution in [3.63, 3.8) is 0 Å². The number of imide groups is 1. The summed E-state index contributed by atoms with van der Waals surface area (Å²) in [5.74, 6) is -1.03. The molecular formula is C26H29ClN4O4. The van der Waals surface area contributed by atoms with Gasteiger partial charge >= 0.3 is 0 Å². The smallest absolute Gasteiger partial charge is 0.256 e. The normalized spacial score (nSPS) is 26.6. The number of fused-ring (bicyclic) bond motifs is 1. The molecule has 1 aromatic heterocycles. The van der Waals surface area contributed by atoms with Gasteiger partial charge in [0.05, 0.1) is 23.5 Å². The summed E-state index contributed by atoms with van der Waals surface area (Å²) in [5, 5.41) is 14.9. The summed E-state index contributed by atoms with van der Waals surface area (Å²) in [7, 11) is 0. The quantitative estimate of drug-likeness (QED) is 0.631. The fourth-order valence-electron chi connectivity index (χ4n) is 5.55. The molecule has 0 aliphatic carbocycles. The second-order valence-electron chi connectivity index (χ2n) is 10.4. The van der Waals surface area contributed by atoms with Gasteiger partial charge in [-0.3, -0.25) is 29.6 Å². The van der Waals surface area contributed by atoms with Crippen molar-refractivity contribution < 1.29 is 19.5 Å². The lowest BCUT2D eigenvalue weighted by Crippen LogP contribution is -2.55. The van der Waals surface area contributed by atoms with Gasteiger partial charge < -0.3 is 10.0 Å². The largest absolute Gasteiger partial charge is 0.383 e. The summed E-state index contributed by atoms with van der Waals surface area (Å²) < 4.78 is 0. The number of pyridine rings is 1. The molecule has 2 atom stereocenters. The highest BCUT2D eigenvalue weighted by atomic mass is 35.5. The van der Waals surface area contributed by atoms with E-state index in [1.54, 1.807) is 12.1 Å². The molecule has 3 amide bonds. The number of amides is 3. The number of nitrogens with one attached hydrogen (secondary N) is 1. The van der Waals surface area contributed by atoms with E-state index in [2.05, 4.69) is 10.2 Å². The molecule has 0 spiro atoms. The van der Waals surface area contributed by atoms with E-state index in [1.165, 1.54) is 10.5 Å². The predicted molar refractivity (Wildman–Crippen MR) is 129 cm³/mol. The molecule has 5 rings (SSSR count). The Morgan fingerprint density at radius 2 is 1.89 bits per heavy atom. The van der Waals surface area contributed by atoms with E-state index < -0.39 is 23.0 Å². The molecule has 9 heteroatoms. The van der Waals surface area contributed by atoms with Crippen LogP contribution in [0.15, 0.2) is 36.4 Å². The molecule has 1 aromatic carbocycles. The third kappa shape index (κ3) is 4.24. The summed E-state index contributed by atoms with van der Waals surface area (Å²) in [6.45, 7) is 6.40. The van der Waals surface area contributed by atoms with Crippen LogP contribution in [0.3, 0.4) is 0 Å². The number of nitrogens with zero attached hydrogens (tertiary/aromatic N) is 3. The van der Waals surface area contributed by atoms with E-state index >= 15 is 0 Å². The van der Waals surface area contributed by atoms with Crippen LogP contribution in [0.25, 0.3) is 0 Å². The Morgan fingerprint density at radius 3 is 2.57 bits per heavy atom. The SMILES string of the molecule is CC1(C)CN(Cc2ccc(Cl)cc2)CC[C@]1(O)c1ccc2c(n1)CN(C1CCC(=O)NC1=O)C2=O. The summed E-state index contributed by atoms with van der Waals surface area (Å²) >= 11 is 6.01. The number of hydrogen-bond donors (Lipinski definition) is 2. The molecule has 2 fully saturated rings. The number of hydrogen-bond acceptors (Lipinski definition) is 6. The van der Waals surface area contributed by atoms with Gasteiger partial charge in [0, 0.05) is 36.5 Å². The van der Waals surface area contributed by atoms with Crippen molar-refractivity contribution in [1.82, 2.24) is 20.1 Å². The second-order valence-corrected chi connectivity index (χ2v) is 10.9. The molecule has 184 valence electrons. The fourth-order valence-corrected chi connectivity index (χ4v) is 5.68. The molecule has 4 heterocycles. The maximum atomic E-state index is 13.0. The van der Waals surface area contributed by atoms with E-state index in [1.807, 2.05) is 38.1 Å². The Labute approximate surface area is 209 Å². The third-order valence-electron chi connectivity index (χ3n) is 7.64.